The molecule has 0 bridgehead atoms. The van der Waals surface area contributed by atoms with Gasteiger partial charge in [-0.25, -0.2) is 4.98 Å². The Labute approximate surface area is 130 Å². The van der Waals surface area contributed by atoms with E-state index in [1.165, 1.54) is 36.9 Å². The second-order valence-electron chi connectivity index (χ2n) is 6.31. The van der Waals surface area contributed by atoms with E-state index in [0.717, 1.165) is 22.7 Å². The summed E-state index contributed by atoms with van der Waals surface area (Å²) in [6.45, 7) is 4.25. The number of nitrogens with one attached hydrogen (secondary N) is 1. The van der Waals surface area contributed by atoms with E-state index in [9.17, 15) is 0 Å². The summed E-state index contributed by atoms with van der Waals surface area (Å²) in [5, 5.41) is 3.74. The molecule has 3 heterocycles. The number of hydrogen-bond donors (Lipinski definition) is 1. The number of fused-ring (bicyclic) bond motifs is 1. The summed E-state index contributed by atoms with van der Waals surface area (Å²) in [4.78, 5) is 4.86. The third-order valence-electron chi connectivity index (χ3n) is 4.54. The number of imidazole rings is 1. The number of aryl methyl sites for hydroxylation is 2. The van der Waals surface area contributed by atoms with Gasteiger partial charge in [0.05, 0.1) is 12.5 Å². The van der Waals surface area contributed by atoms with Crippen molar-refractivity contribution in [1.29, 1.82) is 0 Å². The van der Waals surface area contributed by atoms with Gasteiger partial charge in [-0.05, 0) is 50.5 Å². The van der Waals surface area contributed by atoms with Gasteiger partial charge in [-0.15, -0.1) is 0 Å². The molecule has 3 aromatic rings. The van der Waals surface area contributed by atoms with Gasteiger partial charge in [-0.3, -0.25) is 4.40 Å². The van der Waals surface area contributed by atoms with Crippen LogP contribution in [0.3, 0.4) is 0 Å². The lowest BCUT2D eigenvalue weighted by Gasteiger charge is -2.15. The Bertz CT molecular complexity index is 795. The first-order valence-electron chi connectivity index (χ1n) is 8.01. The maximum absolute atomic E-state index is 5.27. The molecule has 1 N–H and O–H groups in total. The van der Waals surface area contributed by atoms with Gasteiger partial charge in [0.1, 0.15) is 17.2 Å². The van der Waals surface area contributed by atoms with Crippen LogP contribution in [0.4, 0.5) is 5.82 Å². The van der Waals surface area contributed by atoms with Gasteiger partial charge < -0.3 is 9.73 Å². The molecule has 1 saturated carbocycles. The SMILES string of the molecule is Cc1cc(C)n2c(NC3CCCC3)c(-c3ccoc3)nc2c1. The van der Waals surface area contributed by atoms with Gasteiger partial charge in [-0.2, -0.15) is 0 Å². The zero-order valence-electron chi connectivity index (χ0n) is 13.1. The molecule has 0 atom stereocenters. The van der Waals surface area contributed by atoms with Crippen molar-refractivity contribution in [2.45, 2.75) is 45.6 Å². The van der Waals surface area contributed by atoms with Gasteiger partial charge in [0, 0.05) is 17.3 Å². The van der Waals surface area contributed by atoms with Crippen LogP contribution in [0.15, 0.2) is 35.1 Å². The molecule has 1 fully saturated rings. The summed E-state index contributed by atoms with van der Waals surface area (Å²) >= 11 is 0. The molecule has 4 nitrogen and oxygen atoms in total. The fourth-order valence-electron chi connectivity index (χ4n) is 3.53. The van der Waals surface area contributed by atoms with E-state index >= 15 is 0 Å². The monoisotopic (exact) mass is 295 g/mol. The maximum Gasteiger partial charge on any atom is 0.139 e. The van der Waals surface area contributed by atoms with Crippen molar-refractivity contribution in [3.05, 3.63) is 42.0 Å². The predicted octanol–water partition coefficient (Wildman–Crippen LogP) is 4.57. The van der Waals surface area contributed by atoms with Gasteiger partial charge in [-0.1, -0.05) is 12.8 Å². The van der Waals surface area contributed by atoms with Crippen LogP contribution in [-0.2, 0) is 0 Å². The van der Waals surface area contributed by atoms with Crippen LogP contribution in [-0.4, -0.2) is 15.4 Å². The number of aromatic nitrogens is 2. The lowest BCUT2D eigenvalue weighted by Crippen LogP contribution is -2.17. The molecule has 1 aliphatic rings. The van der Waals surface area contributed by atoms with Crippen molar-refractivity contribution in [3.8, 4) is 11.3 Å². The van der Waals surface area contributed by atoms with Crippen molar-refractivity contribution >= 4 is 11.5 Å². The largest absolute Gasteiger partial charge is 0.472 e. The Balaban J connectivity index is 1.90. The fourth-order valence-corrected chi connectivity index (χ4v) is 3.53. The minimum absolute atomic E-state index is 0.547. The second-order valence-corrected chi connectivity index (χ2v) is 6.31. The standard InChI is InChI=1S/C18H21N3O/c1-12-9-13(2)21-16(10-12)20-17(14-7-8-22-11-14)18(21)19-15-5-3-4-6-15/h7-11,15,19H,3-6H2,1-2H3. The first-order chi connectivity index (χ1) is 10.7. The van der Waals surface area contributed by atoms with E-state index in [-0.39, 0.29) is 0 Å². The molecule has 0 amide bonds. The molecule has 0 aromatic carbocycles. The molecule has 4 rings (SSSR count). The second kappa shape index (κ2) is 5.20. The third-order valence-corrected chi connectivity index (χ3v) is 4.54. The Morgan fingerprint density at radius 2 is 2.05 bits per heavy atom. The van der Waals surface area contributed by atoms with E-state index in [2.05, 4.69) is 35.7 Å². The highest BCUT2D eigenvalue weighted by atomic mass is 16.3. The molecular weight excluding hydrogens is 274 g/mol. The average molecular weight is 295 g/mol. The van der Waals surface area contributed by atoms with E-state index in [1.54, 1.807) is 12.5 Å². The van der Waals surface area contributed by atoms with Crippen LogP contribution in [0.1, 0.15) is 36.9 Å². The van der Waals surface area contributed by atoms with Crippen LogP contribution in [0.25, 0.3) is 16.9 Å². The first-order valence-corrected chi connectivity index (χ1v) is 8.01. The van der Waals surface area contributed by atoms with Crippen molar-refractivity contribution in [2.75, 3.05) is 5.32 Å². The van der Waals surface area contributed by atoms with Crippen LogP contribution in [0, 0.1) is 13.8 Å². The lowest BCUT2D eigenvalue weighted by molar-refractivity contribution is 0.568. The van der Waals surface area contributed by atoms with Gasteiger partial charge >= 0.3 is 0 Å². The van der Waals surface area contributed by atoms with E-state index in [1.807, 2.05) is 6.07 Å². The van der Waals surface area contributed by atoms with Gasteiger partial charge in [0.2, 0.25) is 0 Å². The van der Waals surface area contributed by atoms with Crippen molar-refractivity contribution in [1.82, 2.24) is 9.38 Å². The molecule has 0 radical (unpaired) electrons. The highest BCUT2D eigenvalue weighted by molar-refractivity contribution is 5.76. The Morgan fingerprint density at radius 3 is 2.77 bits per heavy atom. The minimum Gasteiger partial charge on any atom is -0.472 e. The van der Waals surface area contributed by atoms with Crippen molar-refractivity contribution in [3.63, 3.8) is 0 Å². The summed E-state index contributed by atoms with van der Waals surface area (Å²) in [6.07, 6.45) is 8.58. The Hall–Kier alpha value is -2.23. The Morgan fingerprint density at radius 1 is 1.23 bits per heavy atom. The summed E-state index contributed by atoms with van der Waals surface area (Å²) in [5.74, 6) is 1.10. The molecule has 3 aromatic heterocycles. The van der Waals surface area contributed by atoms with Crippen molar-refractivity contribution in [2.24, 2.45) is 0 Å². The van der Waals surface area contributed by atoms with Crippen LogP contribution in [0.5, 0.6) is 0 Å². The molecule has 0 saturated heterocycles. The highest BCUT2D eigenvalue weighted by Gasteiger charge is 2.21. The topological polar surface area (TPSA) is 42.5 Å². The number of pyridine rings is 1. The number of anilines is 1. The normalized spacial score (nSPS) is 15.7. The molecule has 22 heavy (non-hydrogen) atoms. The molecular formula is C18H21N3O. The quantitative estimate of drug-likeness (QED) is 0.770. The van der Waals surface area contributed by atoms with E-state index in [4.69, 9.17) is 9.40 Å². The average Bonchev–Trinajstić information content (AvgIpc) is 3.19. The van der Waals surface area contributed by atoms with Crippen LogP contribution < -0.4 is 5.32 Å². The highest BCUT2D eigenvalue weighted by Crippen LogP contribution is 2.33. The van der Waals surface area contributed by atoms with E-state index in [0.29, 0.717) is 6.04 Å². The zero-order valence-corrected chi connectivity index (χ0v) is 13.1. The molecule has 4 heteroatoms. The maximum atomic E-state index is 5.27. The summed E-state index contributed by atoms with van der Waals surface area (Å²) < 4.78 is 7.50. The molecule has 0 unspecified atom stereocenters. The zero-order chi connectivity index (χ0) is 15.1. The first kappa shape index (κ1) is 13.4. The molecule has 0 aliphatic heterocycles. The fraction of sp³-hybridized carbons (Fsp3) is 0.389. The molecule has 0 spiro atoms. The van der Waals surface area contributed by atoms with Crippen LogP contribution in [0.2, 0.25) is 0 Å². The Kier molecular flexibility index (Phi) is 3.17. The van der Waals surface area contributed by atoms with Crippen LogP contribution >= 0.6 is 0 Å². The number of nitrogens with zero attached hydrogens (tertiary/aromatic N) is 2. The number of rotatable bonds is 3. The lowest BCUT2D eigenvalue weighted by atomic mass is 10.2. The van der Waals surface area contributed by atoms with Gasteiger partial charge in [0.25, 0.3) is 0 Å². The van der Waals surface area contributed by atoms with Gasteiger partial charge in [0.15, 0.2) is 0 Å². The third kappa shape index (κ3) is 2.19. The number of furan rings is 1. The molecule has 1 aliphatic carbocycles. The van der Waals surface area contributed by atoms with E-state index < -0.39 is 0 Å². The molecule has 114 valence electrons. The minimum atomic E-state index is 0.547. The van der Waals surface area contributed by atoms with Crippen molar-refractivity contribution < 1.29 is 4.42 Å². The predicted molar refractivity (Wildman–Crippen MR) is 88.2 cm³/mol. The summed E-state index contributed by atoms with van der Waals surface area (Å²) in [5.41, 5.74) is 5.45. The smallest absolute Gasteiger partial charge is 0.139 e. The summed E-state index contributed by atoms with van der Waals surface area (Å²) in [7, 11) is 0. The summed E-state index contributed by atoms with van der Waals surface area (Å²) in [6, 6.07) is 6.86. The number of hydrogen-bond acceptors (Lipinski definition) is 3.